The van der Waals surface area contributed by atoms with Crippen LogP contribution < -0.4 is 4.72 Å². The van der Waals surface area contributed by atoms with Crippen molar-refractivity contribution in [2.24, 2.45) is 0 Å². The molecule has 1 rings (SSSR count). The monoisotopic (exact) mass is 266 g/mol. The Hall–Kier alpha value is -1.39. The van der Waals surface area contributed by atoms with Crippen molar-refractivity contribution in [3.05, 3.63) is 28.8 Å². The van der Waals surface area contributed by atoms with Crippen LogP contribution in [0.4, 0.5) is 14.5 Å². The van der Waals surface area contributed by atoms with Crippen LogP contribution in [0, 0.1) is 11.3 Å². The summed E-state index contributed by atoms with van der Waals surface area (Å²) in [6.45, 7) is 0. The zero-order valence-electron chi connectivity index (χ0n) is 7.62. The molecule has 0 fully saturated rings. The number of benzene rings is 1. The van der Waals surface area contributed by atoms with Crippen LogP contribution in [0.3, 0.4) is 0 Å². The van der Waals surface area contributed by atoms with E-state index in [9.17, 15) is 17.2 Å². The molecule has 1 N–H and O–H groups in total. The molecule has 0 spiro atoms. The van der Waals surface area contributed by atoms with E-state index in [1.165, 1.54) is 12.1 Å². The van der Waals surface area contributed by atoms with Crippen molar-refractivity contribution in [3.8, 4) is 6.07 Å². The number of sulfonamides is 1. The van der Waals surface area contributed by atoms with Crippen molar-refractivity contribution >= 4 is 27.3 Å². The minimum Gasteiger partial charge on any atom is -0.277 e. The van der Waals surface area contributed by atoms with Crippen molar-refractivity contribution in [2.75, 3.05) is 4.72 Å². The summed E-state index contributed by atoms with van der Waals surface area (Å²) in [5.74, 6) is -3.56. The molecule has 1 aromatic carbocycles. The number of alkyl halides is 2. The molecular formula is C8H5ClF2N2O2S. The van der Waals surface area contributed by atoms with Crippen LogP contribution in [0.2, 0.25) is 5.02 Å². The molecule has 0 unspecified atom stereocenters. The number of nitriles is 1. The van der Waals surface area contributed by atoms with Gasteiger partial charge in [0.15, 0.2) is 0 Å². The third-order valence-electron chi connectivity index (χ3n) is 1.58. The van der Waals surface area contributed by atoms with Gasteiger partial charge in [0.05, 0.1) is 22.3 Å². The van der Waals surface area contributed by atoms with Crippen LogP contribution in [0.5, 0.6) is 0 Å². The van der Waals surface area contributed by atoms with Gasteiger partial charge in [-0.15, -0.1) is 0 Å². The van der Waals surface area contributed by atoms with Crippen LogP contribution >= 0.6 is 11.6 Å². The molecule has 0 aliphatic heterocycles. The first-order valence-electron chi connectivity index (χ1n) is 3.86. The lowest BCUT2D eigenvalue weighted by Gasteiger charge is -2.08. The fraction of sp³-hybridized carbons (Fsp3) is 0.125. The second-order valence-corrected chi connectivity index (χ2v) is 4.77. The first kappa shape index (κ1) is 12.7. The Bertz CT molecular complexity index is 539. The van der Waals surface area contributed by atoms with Gasteiger partial charge < -0.3 is 0 Å². The summed E-state index contributed by atoms with van der Waals surface area (Å²) in [6, 6.07) is 5.38. The molecule has 0 saturated carbocycles. The summed E-state index contributed by atoms with van der Waals surface area (Å²) in [5, 5.41) is 8.48. The maximum absolute atomic E-state index is 12.1. The van der Waals surface area contributed by atoms with E-state index >= 15 is 0 Å². The lowest BCUT2D eigenvalue weighted by molar-refractivity contribution is 0.236. The smallest absolute Gasteiger partial charge is 0.277 e. The maximum Gasteiger partial charge on any atom is 0.355 e. The van der Waals surface area contributed by atoms with Gasteiger partial charge in [-0.1, -0.05) is 11.6 Å². The van der Waals surface area contributed by atoms with Crippen LogP contribution in [-0.2, 0) is 10.0 Å². The van der Waals surface area contributed by atoms with E-state index in [-0.39, 0.29) is 16.3 Å². The van der Waals surface area contributed by atoms with Crippen LogP contribution in [0.25, 0.3) is 0 Å². The van der Waals surface area contributed by atoms with E-state index in [0.717, 1.165) is 6.07 Å². The first-order chi connectivity index (χ1) is 7.36. The molecule has 0 saturated heterocycles. The van der Waals surface area contributed by atoms with Gasteiger partial charge in [0.25, 0.3) is 10.0 Å². The van der Waals surface area contributed by atoms with E-state index in [4.69, 9.17) is 16.9 Å². The molecule has 1 aromatic rings. The number of anilines is 1. The van der Waals surface area contributed by atoms with Gasteiger partial charge in [0, 0.05) is 0 Å². The van der Waals surface area contributed by atoms with Gasteiger partial charge in [-0.2, -0.15) is 14.0 Å². The Morgan fingerprint density at radius 2 is 2.06 bits per heavy atom. The van der Waals surface area contributed by atoms with E-state index in [1.54, 1.807) is 10.8 Å². The third kappa shape index (κ3) is 2.81. The highest BCUT2D eigenvalue weighted by Gasteiger charge is 2.24. The molecule has 86 valence electrons. The summed E-state index contributed by atoms with van der Waals surface area (Å²) in [6.07, 6.45) is 0. The van der Waals surface area contributed by atoms with E-state index < -0.39 is 15.8 Å². The predicted octanol–water partition coefficient (Wildman–Crippen LogP) is 2.18. The normalized spacial score (nSPS) is 11.2. The maximum atomic E-state index is 12.1. The summed E-state index contributed by atoms with van der Waals surface area (Å²) < 4.78 is 47.4. The summed E-state index contributed by atoms with van der Waals surface area (Å²) >= 11 is 5.58. The standard InChI is InChI=1S/C8H5ClF2N2O2S/c9-6-2-1-5(4-12)3-7(6)13-16(14,15)8(10)11/h1-3,8,13H. The Balaban J connectivity index is 3.12. The number of nitrogens with one attached hydrogen (secondary N) is 1. The van der Waals surface area contributed by atoms with Gasteiger partial charge >= 0.3 is 5.76 Å². The summed E-state index contributed by atoms with van der Waals surface area (Å²) in [5.41, 5.74) is -0.141. The zero-order valence-corrected chi connectivity index (χ0v) is 9.19. The third-order valence-corrected chi connectivity index (χ3v) is 2.89. The summed E-state index contributed by atoms with van der Waals surface area (Å²) in [4.78, 5) is 0. The van der Waals surface area contributed by atoms with Gasteiger partial charge in [-0.05, 0) is 18.2 Å². The van der Waals surface area contributed by atoms with Crippen molar-refractivity contribution < 1.29 is 17.2 Å². The Labute approximate surface area is 95.5 Å². The van der Waals surface area contributed by atoms with Gasteiger partial charge in [0.2, 0.25) is 0 Å². The van der Waals surface area contributed by atoms with Crippen molar-refractivity contribution in [1.82, 2.24) is 0 Å². The second kappa shape index (κ2) is 4.63. The number of rotatable bonds is 3. The molecule has 0 atom stereocenters. The fourth-order valence-corrected chi connectivity index (χ4v) is 1.66. The highest BCUT2D eigenvalue weighted by Crippen LogP contribution is 2.24. The zero-order chi connectivity index (χ0) is 12.3. The minimum atomic E-state index is -4.78. The minimum absolute atomic E-state index is 0.0665. The quantitative estimate of drug-likeness (QED) is 0.911. The second-order valence-electron chi connectivity index (χ2n) is 2.71. The van der Waals surface area contributed by atoms with Crippen molar-refractivity contribution in [2.45, 2.75) is 5.76 Å². The van der Waals surface area contributed by atoms with Gasteiger partial charge in [0.1, 0.15) is 0 Å². The molecule has 8 heteroatoms. The largest absolute Gasteiger partial charge is 0.355 e. The van der Waals surface area contributed by atoms with E-state index in [2.05, 4.69) is 0 Å². The van der Waals surface area contributed by atoms with Crippen molar-refractivity contribution in [3.63, 3.8) is 0 Å². The van der Waals surface area contributed by atoms with E-state index in [1.807, 2.05) is 0 Å². The highest BCUT2D eigenvalue weighted by molar-refractivity contribution is 7.93. The molecule has 16 heavy (non-hydrogen) atoms. The first-order valence-corrected chi connectivity index (χ1v) is 5.78. The van der Waals surface area contributed by atoms with Crippen LogP contribution in [0.15, 0.2) is 18.2 Å². The van der Waals surface area contributed by atoms with Crippen molar-refractivity contribution in [1.29, 1.82) is 5.26 Å². The number of hydrogen-bond donors (Lipinski definition) is 1. The molecule has 0 aliphatic rings. The topological polar surface area (TPSA) is 70.0 Å². The summed E-state index contributed by atoms with van der Waals surface area (Å²) in [7, 11) is -4.78. The molecule has 0 aromatic heterocycles. The van der Waals surface area contributed by atoms with Gasteiger partial charge in [-0.25, -0.2) is 8.42 Å². The number of halogens is 3. The Kier molecular flexibility index (Phi) is 3.67. The molecular weight excluding hydrogens is 262 g/mol. The lowest BCUT2D eigenvalue weighted by atomic mass is 10.2. The Morgan fingerprint density at radius 3 is 2.56 bits per heavy atom. The molecule has 0 aliphatic carbocycles. The van der Waals surface area contributed by atoms with Crippen LogP contribution in [0.1, 0.15) is 5.56 Å². The Morgan fingerprint density at radius 1 is 1.44 bits per heavy atom. The number of hydrogen-bond acceptors (Lipinski definition) is 3. The molecule has 0 bridgehead atoms. The average molecular weight is 267 g/mol. The van der Waals surface area contributed by atoms with Crippen LogP contribution in [-0.4, -0.2) is 14.2 Å². The highest BCUT2D eigenvalue weighted by atomic mass is 35.5. The SMILES string of the molecule is N#Cc1ccc(Cl)c(NS(=O)(=O)C(F)F)c1. The molecule has 0 heterocycles. The van der Waals surface area contributed by atoms with E-state index in [0.29, 0.717) is 0 Å². The number of nitrogens with zero attached hydrogens (tertiary/aromatic N) is 1. The predicted molar refractivity (Wildman–Crippen MR) is 54.7 cm³/mol. The lowest BCUT2D eigenvalue weighted by Crippen LogP contribution is -2.20. The van der Waals surface area contributed by atoms with Gasteiger partial charge in [-0.3, -0.25) is 4.72 Å². The molecule has 0 radical (unpaired) electrons. The average Bonchev–Trinajstić information content (AvgIpc) is 2.21. The molecule has 0 amide bonds. The molecule has 4 nitrogen and oxygen atoms in total. The fourth-order valence-electron chi connectivity index (χ4n) is 0.871.